The van der Waals surface area contributed by atoms with Crippen molar-refractivity contribution in [1.29, 1.82) is 0 Å². The van der Waals surface area contributed by atoms with Gasteiger partial charge in [-0.15, -0.1) is 0 Å². The van der Waals surface area contributed by atoms with Crippen LogP contribution in [0.1, 0.15) is 10.4 Å². The number of hydrogen-bond acceptors (Lipinski definition) is 5. The van der Waals surface area contributed by atoms with Crippen LogP contribution in [0.4, 0.5) is 0 Å². The zero-order valence-corrected chi connectivity index (χ0v) is 17.8. The van der Waals surface area contributed by atoms with Crippen LogP contribution in [0.2, 0.25) is 10.0 Å². The Bertz CT molecular complexity index is 1090. The van der Waals surface area contributed by atoms with Gasteiger partial charge in [0.05, 0.1) is 41.6 Å². The van der Waals surface area contributed by atoms with E-state index < -0.39 is 5.91 Å². The number of carbonyl (C=O) groups is 1. The third kappa shape index (κ3) is 4.17. The molecular formula is C19H18Cl2N2O4S. The summed E-state index contributed by atoms with van der Waals surface area (Å²) in [5.74, 6) is 0.727. The van der Waals surface area contributed by atoms with E-state index in [0.717, 1.165) is 10.2 Å². The quantitative estimate of drug-likeness (QED) is 0.569. The molecule has 28 heavy (non-hydrogen) atoms. The van der Waals surface area contributed by atoms with E-state index in [1.165, 1.54) is 17.4 Å². The summed E-state index contributed by atoms with van der Waals surface area (Å²) in [6.45, 7) is 0.973. The molecule has 3 rings (SSSR count). The lowest BCUT2D eigenvalue weighted by Crippen LogP contribution is -2.19. The molecule has 1 heterocycles. The highest BCUT2D eigenvalue weighted by Crippen LogP contribution is 2.33. The lowest BCUT2D eigenvalue weighted by Gasteiger charge is -2.09. The first-order chi connectivity index (χ1) is 13.5. The summed E-state index contributed by atoms with van der Waals surface area (Å²) in [6, 6.07) is 8.42. The Morgan fingerprint density at radius 2 is 1.82 bits per heavy atom. The molecular weight excluding hydrogens is 423 g/mol. The van der Waals surface area contributed by atoms with Crippen molar-refractivity contribution in [3.63, 3.8) is 0 Å². The van der Waals surface area contributed by atoms with Gasteiger partial charge in [0.1, 0.15) is 0 Å². The van der Waals surface area contributed by atoms with E-state index in [1.54, 1.807) is 33.5 Å². The first kappa shape index (κ1) is 20.7. The molecule has 2 aromatic carbocycles. The Kier molecular flexibility index (Phi) is 6.61. The van der Waals surface area contributed by atoms with E-state index in [0.29, 0.717) is 39.5 Å². The highest BCUT2D eigenvalue weighted by Gasteiger charge is 2.15. The Hall–Kier alpha value is -2.06. The summed E-state index contributed by atoms with van der Waals surface area (Å²) < 4.78 is 18.8. The number of amides is 1. The lowest BCUT2D eigenvalue weighted by molar-refractivity contribution is 0.0997. The fourth-order valence-corrected chi connectivity index (χ4v) is 4.12. The number of halogens is 2. The minimum absolute atomic E-state index is 0.250. The lowest BCUT2D eigenvalue weighted by atomic mass is 10.2. The molecule has 0 fully saturated rings. The van der Waals surface area contributed by atoms with Gasteiger partial charge in [0, 0.05) is 30.8 Å². The molecule has 0 spiro atoms. The normalized spacial score (nSPS) is 11.8. The molecule has 9 heteroatoms. The maximum Gasteiger partial charge on any atom is 0.281 e. The molecule has 3 aromatic rings. The second kappa shape index (κ2) is 8.96. The van der Waals surface area contributed by atoms with Crippen molar-refractivity contribution in [2.24, 2.45) is 4.99 Å². The Morgan fingerprint density at radius 3 is 2.50 bits per heavy atom. The number of thiazole rings is 1. The van der Waals surface area contributed by atoms with Crippen molar-refractivity contribution < 1.29 is 19.0 Å². The zero-order valence-electron chi connectivity index (χ0n) is 15.5. The van der Waals surface area contributed by atoms with Gasteiger partial charge in [-0.25, -0.2) is 0 Å². The molecule has 1 amide bonds. The van der Waals surface area contributed by atoms with E-state index in [2.05, 4.69) is 4.99 Å². The van der Waals surface area contributed by atoms with Crippen LogP contribution in [0.25, 0.3) is 10.2 Å². The summed E-state index contributed by atoms with van der Waals surface area (Å²) >= 11 is 13.5. The molecule has 0 unspecified atom stereocenters. The minimum atomic E-state index is -0.468. The van der Waals surface area contributed by atoms with Crippen molar-refractivity contribution in [3.05, 3.63) is 50.7 Å². The standard InChI is InChI=1S/C19H18Cl2N2O4S/c1-25-7-6-23-14-9-15(26-2)16(27-3)10-17(14)28-19(23)22-18(24)12-8-11(20)4-5-13(12)21/h4-5,8-10H,6-7H2,1-3H3. The van der Waals surface area contributed by atoms with E-state index in [1.807, 2.05) is 16.7 Å². The maximum atomic E-state index is 12.7. The molecule has 0 saturated heterocycles. The molecule has 0 aliphatic heterocycles. The zero-order chi connectivity index (χ0) is 20.3. The van der Waals surface area contributed by atoms with Crippen LogP contribution in [-0.2, 0) is 11.3 Å². The third-order valence-corrected chi connectivity index (χ3v) is 5.67. The fraction of sp³-hybridized carbons (Fsp3) is 0.263. The van der Waals surface area contributed by atoms with Gasteiger partial charge in [0.25, 0.3) is 5.91 Å². The number of aromatic nitrogens is 1. The second-order valence-electron chi connectivity index (χ2n) is 5.75. The van der Waals surface area contributed by atoms with Gasteiger partial charge in [-0.1, -0.05) is 34.5 Å². The first-order valence-electron chi connectivity index (χ1n) is 8.27. The average molecular weight is 441 g/mol. The van der Waals surface area contributed by atoms with Crippen LogP contribution in [0.15, 0.2) is 35.3 Å². The number of nitrogens with zero attached hydrogens (tertiary/aromatic N) is 2. The van der Waals surface area contributed by atoms with Crippen LogP contribution < -0.4 is 14.3 Å². The molecule has 0 N–H and O–H groups in total. The fourth-order valence-electron chi connectivity index (χ4n) is 2.69. The number of fused-ring (bicyclic) bond motifs is 1. The number of hydrogen-bond donors (Lipinski definition) is 0. The monoisotopic (exact) mass is 440 g/mol. The molecule has 1 aromatic heterocycles. The van der Waals surface area contributed by atoms with Crippen LogP contribution in [0, 0.1) is 0 Å². The molecule has 0 aliphatic carbocycles. The van der Waals surface area contributed by atoms with Gasteiger partial charge >= 0.3 is 0 Å². The predicted molar refractivity (Wildman–Crippen MR) is 111 cm³/mol. The largest absolute Gasteiger partial charge is 0.493 e. The van der Waals surface area contributed by atoms with Crippen LogP contribution in [-0.4, -0.2) is 38.4 Å². The topological polar surface area (TPSA) is 62.1 Å². The van der Waals surface area contributed by atoms with Crippen LogP contribution in [0.5, 0.6) is 11.5 Å². The Balaban J connectivity index is 2.19. The summed E-state index contributed by atoms with van der Waals surface area (Å²) in [4.78, 5) is 17.6. The molecule has 0 bridgehead atoms. The third-order valence-electron chi connectivity index (χ3n) is 4.06. The number of ether oxygens (including phenoxy) is 3. The van der Waals surface area contributed by atoms with Gasteiger partial charge in [0.2, 0.25) is 0 Å². The SMILES string of the molecule is COCCn1c(=NC(=O)c2cc(Cl)ccc2Cl)sc2cc(OC)c(OC)cc21. The molecule has 0 saturated carbocycles. The van der Waals surface area contributed by atoms with E-state index in [9.17, 15) is 4.79 Å². The van der Waals surface area contributed by atoms with Gasteiger partial charge in [0.15, 0.2) is 16.3 Å². The second-order valence-corrected chi connectivity index (χ2v) is 7.60. The number of methoxy groups -OCH3 is 3. The van der Waals surface area contributed by atoms with Gasteiger partial charge in [-0.05, 0) is 18.2 Å². The number of benzene rings is 2. The Labute approximate surface area is 175 Å². The van der Waals surface area contributed by atoms with Crippen molar-refractivity contribution >= 4 is 50.7 Å². The molecule has 148 valence electrons. The van der Waals surface area contributed by atoms with Crippen molar-refractivity contribution in [2.75, 3.05) is 27.9 Å². The van der Waals surface area contributed by atoms with Crippen LogP contribution >= 0.6 is 34.5 Å². The van der Waals surface area contributed by atoms with Crippen molar-refractivity contribution in [3.8, 4) is 11.5 Å². The van der Waals surface area contributed by atoms with E-state index >= 15 is 0 Å². The minimum Gasteiger partial charge on any atom is -0.493 e. The van der Waals surface area contributed by atoms with Crippen molar-refractivity contribution in [1.82, 2.24) is 4.57 Å². The molecule has 0 aliphatic rings. The van der Waals surface area contributed by atoms with Gasteiger partial charge in [-0.2, -0.15) is 4.99 Å². The van der Waals surface area contributed by atoms with Gasteiger partial charge in [-0.3, -0.25) is 4.79 Å². The average Bonchev–Trinajstić information content (AvgIpc) is 3.02. The van der Waals surface area contributed by atoms with Crippen LogP contribution in [0.3, 0.4) is 0 Å². The maximum absolute atomic E-state index is 12.7. The Morgan fingerprint density at radius 1 is 1.11 bits per heavy atom. The smallest absolute Gasteiger partial charge is 0.281 e. The summed E-state index contributed by atoms with van der Waals surface area (Å²) in [5.41, 5.74) is 1.11. The first-order valence-corrected chi connectivity index (χ1v) is 9.84. The summed E-state index contributed by atoms with van der Waals surface area (Å²) in [6.07, 6.45) is 0. The van der Waals surface area contributed by atoms with Crippen molar-refractivity contribution in [2.45, 2.75) is 6.54 Å². The van der Waals surface area contributed by atoms with Gasteiger partial charge < -0.3 is 18.8 Å². The molecule has 0 atom stereocenters. The molecule has 6 nitrogen and oxygen atoms in total. The highest BCUT2D eigenvalue weighted by molar-refractivity contribution is 7.16. The summed E-state index contributed by atoms with van der Waals surface area (Å²) in [5, 5.41) is 0.715. The molecule has 0 radical (unpaired) electrons. The number of rotatable bonds is 6. The van der Waals surface area contributed by atoms with E-state index in [4.69, 9.17) is 37.4 Å². The predicted octanol–water partition coefficient (Wildman–Crippen LogP) is 4.41. The highest BCUT2D eigenvalue weighted by atomic mass is 35.5. The number of carbonyl (C=O) groups excluding carboxylic acids is 1. The van der Waals surface area contributed by atoms with E-state index in [-0.39, 0.29) is 5.56 Å². The summed E-state index contributed by atoms with van der Waals surface area (Å²) in [7, 11) is 4.77.